The van der Waals surface area contributed by atoms with Gasteiger partial charge in [-0.15, -0.1) is 0 Å². The van der Waals surface area contributed by atoms with Gasteiger partial charge in [-0.05, 0) is 63.7 Å². The number of H-pyrrole nitrogens is 1. The van der Waals surface area contributed by atoms with Crippen LogP contribution in [0.25, 0.3) is 11.3 Å². The quantitative estimate of drug-likeness (QED) is 0.790. The van der Waals surface area contributed by atoms with Crippen molar-refractivity contribution >= 4 is 11.3 Å². The minimum absolute atomic E-state index is 0.00129. The van der Waals surface area contributed by atoms with E-state index in [-0.39, 0.29) is 11.0 Å². The van der Waals surface area contributed by atoms with Crippen molar-refractivity contribution in [2.75, 3.05) is 13.6 Å². The van der Waals surface area contributed by atoms with Gasteiger partial charge in [-0.25, -0.2) is 0 Å². The Kier molecular flexibility index (Phi) is 6.42. The summed E-state index contributed by atoms with van der Waals surface area (Å²) in [5.41, 5.74) is 1.96. The molecule has 126 valence electrons. The molecular formula is C18H26N2O2S. The lowest BCUT2D eigenvalue weighted by molar-refractivity contribution is 0.242. The lowest BCUT2D eigenvalue weighted by Gasteiger charge is -2.16. The lowest BCUT2D eigenvalue weighted by atomic mass is 10.1. The van der Waals surface area contributed by atoms with Crippen LogP contribution in [-0.4, -0.2) is 29.6 Å². The number of benzene rings is 1. The molecule has 1 aromatic carbocycles. The number of aromatic nitrogens is 1. The average molecular weight is 334 g/mol. The highest BCUT2D eigenvalue weighted by Crippen LogP contribution is 2.26. The molecular weight excluding hydrogens is 308 g/mol. The number of aromatic amines is 1. The molecule has 0 fully saturated rings. The Bertz CT molecular complexity index is 658. The number of hydrogen-bond acceptors (Lipinski definition) is 4. The maximum atomic E-state index is 11.8. The zero-order valence-electron chi connectivity index (χ0n) is 14.4. The molecule has 2 aromatic rings. The minimum Gasteiger partial charge on any atom is -0.491 e. The highest BCUT2D eigenvalue weighted by atomic mass is 32.1. The van der Waals surface area contributed by atoms with Gasteiger partial charge in [0.25, 0.3) is 0 Å². The Hall–Kier alpha value is -1.59. The molecule has 0 unspecified atom stereocenters. The van der Waals surface area contributed by atoms with Crippen LogP contribution in [0, 0.1) is 0 Å². The van der Waals surface area contributed by atoms with Crippen LogP contribution in [0.1, 0.15) is 38.5 Å². The zero-order valence-corrected chi connectivity index (χ0v) is 15.2. The van der Waals surface area contributed by atoms with E-state index in [2.05, 4.69) is 23.9 Å². The number of nitrogens with one attached hydrogen (secondary N) is 1. The maximum absolute atomic E-state index is 11.8. The van der Waals surface area contributed by atoms with Gasteiger partial charge in [-0.2, -0.15) is 0 Å². The number of unbranched alkanes of at least 4 members (excludes halogenated alkanes) is 1. The number of hydrogen-bond donors (Lipinski definition) is 1. The molecule has 0 spiro atoms. The minimum atomic E-state index is 0.00129. The Morgan fingerprint density at radius 1 is 1.26 bits per heavy atom. The highest BCUT2D eigenvalue weighted by molar-refractivity contribution is 7.09. The van der Waals surface area contributed by atoms with E-state index in [0.717, 1.165) is 35.0 Å². The van der Waals surface area contributed by atoms with Crippen LogP contribution >= 0.6 is 11.3 Å². The van der Waals surface area contributed by atoms with E-state index in [0.29, 0.717) is 0 Å². The molecule has 23 heavy (non-hydrogen) atoms. The first kappa shape index (κ1) is 17.8. The van der Waals surface area contributed by atoms with Crippen molar-refractivity contribution in [3.05, 3.63) is 38.8 Å². The summed E-state index contributed by atoms with van der Waals surface area (Å²) in [5.74, 6) is 0.850. The fourth-order valence-corrected chi connectivity index (χ4v) is 3.36. The van der Waals surface area contributed by atoms with Gasteiger partial charge < -0.3 is 14.6 Å². The van der Waals surface area contributed by atoms with Crippen molar-refractivity contribution in [1.82, 2.24) is 9.88 Å². The summed E-state index contributed by atoms with van der Waals surface area (Å²) in [6.07, 6.45) is 2.51. The zero-order chi connectivity index (χ0) is 16.8. The normalized spacial score (nSPS) is 11.4. The molecule has 0 radical (unpaired) electrons. The third-order valence-electron chi connectivity index (χ3n) is 3.54. The summed E-state index contributed by atoms with van der Waals surface area (Å²) in [4.78, 5) is 18.1. The van der Waals surface area contributed by atoms with Gasteiger partial charge in [-0.1, -0.05) is 24.7 Å². The molecule has 2 rings (SSSR count). The topological polar surface area (TPSA) is 45.3 Å². The number of rotatable bonds is 8. The van der Waals surface area contributed by atoms with Gasteiger partial charge in [0.05, 0.1) is 11.8 Å². The first-order chi connectivity index (χ1) is 11.0. The number of thiazole rings is 1. The Labute approximate surface area is 142 Å². The first-order valence-electron chi connectivity index (χ1n) is 8.17. The van der Waals surface area contributed by atoms with E-state index < -0.39 is 0 Å². The predicted molar refractivity (Wildman–Crippen MR) is 97.4 cm³/mol. The van der Waals surface area contributed by atoms with Gasteiger partial charge in [0.1, 0.15) is 5.75 Å². The number of nitrogens with zero attached hydrogens (tertiary/aromatic N) is 1. The molecule has 0 bridgehead atoms. The molecule has 0 saturated heterocycles. The van der Waals surface area contributed by atoms with Gasteiger partial charge >= 0.3 is 4.87 Å². The third-order valence-corrected chi connectivity index (χ3v) is 4.41. The second-order valence-corrected chi connectivity index (χ2v) is 7.16. The van der Waals surface area contributed by atoms with Crippen molar-refractivity contribution in [2.24, 2.45) is 0 Å². The second kappa shape index (κ2) is 8.31. The molecule has 1 aromatic heterocycles. The summed E-state index contributed by atoms with van der Waals surface area (Å²) in [7, 11) is 2.10. The van der Waals surface area contributed by atoms with Crippen LogP contribution in [0.5, 0.6) is 5.75 Å². The summed E-state index contributed by atoms with van der Waals surface area (Å²) in [6.45, 7) is 8.05. The van der Waals surface area contributed by atoms with Gasteiger partial charge in [0, 0.05) is 11.4 Å². The molecule has 0 saturated carbocycles. The monoisotopic (exact) mass is 334 g/mol. The third kappa shape index (κ3) is 5.22. The summed E-state index contributed by atoms with van der Waals surface area (Å²) >= 11 is 1.30. The van der Waals surface area contributed by atoms with E-state index in [1.807, 2.05) is 38.1 Å². The highest BCUT2D eigenvalue weighted by Gasteiger charge is 2.12. The molecule has 1 N–H and O–H groups in total. The van der Waals surface area contributed by atoms with Crippen LogP contribution in [0.15, 0.2) is 29.1 Å². The first-order valence-corrected chi connectivity index (χ1v) is 8.99. The fraction of sp³-hybridized carbons (Fsp3) is 0.500. The van der Waals surface area contributed by atoms with Crippen molar-refractivity contribution in [3.63, 3.8) is 0 Å². The summed E-state index contributed by atoms with van der Waals surface area (Å²) in [6, 6.07) is 7.92. The van der Waals surface area contributed by atoms with Crippen LogP contribution in [0.4, 0.5) is 0 Å². The van der Waals surface area contributed by atoms with Crippen LogP contribution in [-0.2, 0) is 6.54 Å². The second-order valence-electron chi connectivity index (χ2n) is 6.10. The lowest BCUT2D eigenvalue weighted by Crippen LogP contribution is -2.18. The average Bonchev–Trinajstić information content (AvgIpc) is 2.86. The van der Waals surface area contributed by atoms with Crippen molar-refractivity contribution in [2.45, 2.75) is 46.3 Å². The Morgan fingerprint density at radius 2 is 1.96 bits per heavy atom. The van der Waals surface area contributed by atoms with E-state index in [4.69, 9.17) is 4.74 Å². The predicted octanol–water partition coefficient (Wildman–Crippen LogP) is 4.12. The SMILES string of the molecule is CCCCN(C)Cc1sc(=O)[nH]c1-c1ccc(OC(C)C)cc1. The van der Waals surface area contributed by atoms with Crippen molar-refractivity contribution < 1.29 is 4.74 Å². The van der Waals surface area contributed by atoms with E-state index in [1.54, 1.807) is 0 Å². The van der Waals surface area contributed by atoms with Gasteiger partial charge in [-0.3, -0.25) is 4.79 Å². The molecule has 4 nitrogen and oxygen atoms in total. The standard InChI is InChI=1S/C18H26N2O2S/c1-5-6-11-20(4)12-16-17(19-18(21)23-16)14-7-9-15(10-8-14)22-13(2)3/h7-10,13H,5-6,11-12H2,1-4H3,(H,19,21). The molecule has 0 atom stereocenters. The molecule has 0 amide bonds. The van der Waals surface area contributed by atoms with Crippen LogP contribution in [0.3, 0.4) is 0 Å². The largest absolute Gasteiger partial charge is 0.491 e. The van der Waals surface area contributed by atoms with E-state index >= 15 is 0 Å². The maximum Gasteiger partial charge on any atom is 0.305 e. The van der Waals surface area contributed by atoms with Crippen molar-refractivity contribution in [3.8, 4) is 17.0 Å². The molecule has 5 heteroatoms. The van der Waals surface area contributed by atoms with Gasteiger partial charge in [0.2, 0.25) is 0 Å². The number of ether oxygens (including phenoxy) is 1. The molecule has 0 aliphatic heterocycles. The molecule has 1 heterocycles. The molecule has 0 aliphatic rings. The summed E-state index contributed by atoms with van der Waals surface area (Å²) in [5, 5.41) is 0. The van der Waals surface area contributed by atoms with E-state index in [1.165, 1.54) is 24.2 Å². The Morgan fingerprint density at radius 3 is 2.57 bits per heavy atom. The van der Waals surface area contributed by atoms with Crippen LogP contribution < -0.4 is 9.61 Å². The molecule has 0 aliphatic carbocycles. The van der Waals surface area contributed by atoms with Crippen molar-refractivity contribution in [1.29, 1.82) is 0 Å². The van der Waals surface area contributed by atoms with Gasteiger partial charge in [0.15, 0.2) is 0 Å². The Balaban J connectivity index is 2.17. The fourth-order valence-electron chi connectivity index (χ4n) is 2.43. The van der Waals surface area contributed by atoms with E-state index in [9.17, 15) is 4.79 Å². The smallest absolute Gasteiger partial charge is 0.305 e. The van der Waals surface area contributed by atoms with Crippen LogP contribution in [0.2, 0.25) is 0 Å². The summed E-state index contributed by atoms with van der Waals surface area (Å²) < 4.78 is 5.67.